The summed E-state index contributed by atoms with van der Waals surface area (Å²) in [5, 5.41) is 3.70. The highest BCUT2D eigenvalue weighted by Gasteiger charge is 2.44. The van der Waals surface area contributed by atoms with Gasteiger partial charge in [-0.05, 0) is 25.7 Å². The van der Waals surface area contributed by atoms with Crippen LogP contribution in [-0.2, 0) is 9.47 Å². The van der Waals surface area contributed by atoms with Gasteiger partial charge in [-0.1, -0.05) is 13.8 Å². The Bertz CT molecular complexity index is 318. The molecule has 3 saturated heterocycles. The van der Waals surface area contributed by atoms with Crippen molar-refractivity contribution in [2.75, 3.05) is 32.9 Å². The Morgan fingerprint density at radius 2 is 2.15 bits per heavy atom. The fraction of sp³-hybridized carbons (Fsp3) is 1.00. The van der Waals surface area contributed by atoms with Crippen molar-refractivity contribution in [3.63, 3.8) is 0 Å². The second kappa shape index (κ2) is 6.30. The van der Waals surface area contributed by atoms with Crippen LogP contribution in [0.25, 0.3) is 0 Å². The van der Waals surface area contributed by atoms with Gasteiger partial charge in [0, 0.05) is 50.8 Å². The van der Waals surface area contributed by atoms with E-state index in [2.05, 4.69) is 24.1 Å². The molecular weight excluding hydrogens is 252 g/mol. The van der Waals surface area contributed by atoms with Gasteiger partial charge in [0.05, 0.1) is 12.2 Å². The molecule has 4 heteroatoms. The highest BCUT2D eigenvalue weighted by atomic mass is 16.6. The van der Waals surface area contributed by atoms with E-state index in [4.69, 9.17) is 9.47 Å². The second-order valence-corrected chi connectivity index (χ2v) is 6.75. The summed E-state index contributed by atoms with van der Waals surface area (Å²) in [6, 6.07) is 2.04. The van der Waals surface area contributed by atoms with Crippen molar-refractivity contribution in [2.45, 2.75) is 69.7 Å². The highest BCUT2D eigenvalue weighted by molar-refractivity contribution is 4.97. The van der Waals surface area contributed by atoms with E-state index in [1.165, 1.54) is 32.2 Å². The lowest BCUT2D eigenvalue weighted by atomic mass is 9.87. The van der Waals surface area contributed by atoms with Crippen LogP contribution in [-0.4, -0.2) is 61.5 Å². The standard InChI is InChI=1S/C16H30N2O2/c1-3-13-11-18(14(4-2)10-17-13)15-5-7-20-16(9-15)6-8-19-12-16/h13-15,17H,3-12H2,1-2H3. The zero-order chi connectivity index (χ0) is 14.0. The van der Waals surface area contributed by atoms with Crippen LogP contribution in [0, 0.1) is 0 Å². The number of nitrogens with one attached hydrogen (secondary N) is 1. The van der Waals surface area contributed by atoms with E-state index in [0.717, 1.165) is 32.8 Å². The molecule has 3 aliphatic heterocycles. The number of ether oxygens (including phenoxy) is 2. The average Bonchev–Trinajstić information content (AvgIpc) is 2.94. The Morgan fingerprint density at radius 3 is 2.85 bits per heavy atom. The van der Waals surface area contributed by atoms with Gasteiger partial charge in [0.25, 0.3) is 0 Å². The summed E-state index contributed by atoms with van der Waals surface area (Å²) in [5.41, 5.74) is 0.0355. The molecule has 0 aromatic heterocycles. The Morgan fingerprint density at radius 1 is 1.25 bits per heavy atom. The largest absolute Gasteiger partial charge is 0.378 e. The van der Waals surface area contributed by atoms with E-state index < -0.39 is 0 Å². The lowest BCUT2D eigenvalue weighted by Crippen LogP contribution is -2.61. The lowest BCUT2D eigenvalue weighted by molar-refractivity contribution is -0.115. The van der Waals surface area contributed by atoms with Crippen LogP contribution in [0.5, 0.6) is 0 Å². The number of piperazine rings is 1. The Kier molecular flexibility index (Phi) is 4.65. The van der Waals surface area contributed by atoms with Crippen molar-refractivity contribution in [2.24, 2.45) is 0 Å². The molecule has 0 aromatic rings. The molecule has 0 radical (unpaired) electrons. The molecule has 3 aliphatic rings. The lowest BCUT2D eigenvalue weighted by Gasteiger charge is -2.48. The minimum atomic E-state index is 0.0355. The third kappa shape index (κ3) is 2.89. The minimum Gasteiger partial charge on any atom is -0.378 e. The molecule has 0 aromatic carbocycles. The molecule has 0 aliphatic carbocycles. The van der Waals surface area contributed by atoms with E-state index in [0.29, 0.717) is 18.1 Å². The predicted molar refractivity (Wildman–Crippen MR) is 80.0 cm³/mol. The van der Waals surface area contributed by atoms with E-state index in [1.54, 1.807) is 0 Å². The highest BCUT2D eigenvalue weighted by Crippen LogP contribution is 2.36. The van der Waals surface area contributed by atoms with E-state index in [1.807, 2.05) is 0 Å². The number of nitrogens with zero attached hydrogens (tertiary/aromatic N) is 1. The van der Waals surface area contributed by atoms with Gasteiger partial charge >= 0.3 is 0 Å². The fourth-order valence-corrected chi connectivity index (χ4v) is 4.14. The first-order valence-electron chi connectivity index (χ1n) is 8.47. The summed E-state index contributed by atoms with van der Waals surface area (Å²) in [4.78, 5) is 2.78. The first-order valence-corrected chi connectivity index (χ1v) is 8.47. The van der Waals surface area contributed by atoms with Crippen molar-refractivity contribution < 1.29 is 9.47 Å². The zero-order valence-electron chi connectivity index (χ0n) is 13.1. The molecule has 1 N–H and O–H groups in total. The zero-order valence-corrected chi connectivity index (χ0v) is 13.1. The van der Waals surface area contributed by atoms with E-state index in [-0.39, 0.29) is 5.60 Å². The second-order valence-electron chi connectivity index (χ2n) is 6.75. The summed E-state index contributed by atoms with van der Waals surface area (Å²) in [6.07, 6.45) is 5.91. The Hall–Kier alpha value is -0.160. The number of rotatable bonds is 3. The summed E-state index contributed by atoms with van der Waals surface area (Å²) in [7, 11) is 0. The topological polar surface area (TPSA) is 33.7 Å². The van der Waals surface area contributed by atoms with Crippen LogP contribution in [0.2, 0.25) is 0 Å². The Labute approximate surface area is 123 Å². The third-order valence-electron chi connectivity index (χ3n) is 5.51. The van der Waals surface area contributed by atoms with Crippen molar-refractivity contribution in [3.05, 3.63) is 0 Å². The van der Waals surface area contributed by atoms with E-state index >= 15 is 0 Å². The first kappa shape index (κ1) is 14.8. The monoisotopic (exact) mass is 282 g/mol. The van der Waals surface area contributed by atoms with E-state index in [9.17, 15) is 0 Å². The molecule has 0 amide bonds. The molecule has 4 unspecified atom stereocenters. The smallest absolute Gasteiger partial charge is 0.0951 e. The predicted octanol–water partition coefficient (Wildman–Crippen LogP) is 1.79. The van der Waals surface area contributed by atoms with Crippen LogP contribution in [0.15, 0.2) is 0 Å². The van der Waals surface area contributed by atoms with Gasteiger partial charge in [-0.25, -0.2) is 0 Å². The van der Waals surface area contributed by atoms with Crippen molar-refractivity contribution in [3.8, 4) is 0 Å². The summed E-state index contributed by atoms with van der Waals surface area (Å²) in [6.45, 7) is 9.56. The quantitative estimate of drug-likeness (QED) is 0.855. The number of hydrogen-bond acceptors (Lipinski definition) is 4. The third-order valence-corrected chi connectivity index (χ3v) is 5.51. The van der Waals surface area contributed by atoms with Gasteiger partial charge in [-0.2, -0.15) is 0 Å². The maximum Gasteiger partial charge on any atom is 0.0951 e. The average molecular weight is 282 g/mol. The molecule has 116 valence electrons. The SMILES string of the molecule is CCC1CN(C2CCOC3(CCOC3)C2)C(CC)CN1. The van der Waals surface area contributed by atoms with Gasteiger partial charge in [0.2, 0.25) is 0 Å². The van der Waals surface area contributed by atoms with Crippen LogP contribution in [0.3, 0.4) is 0 Å². The van der Waals surface area contributed by atoms with Crippen molar-refractivity contribution in [1.82, 2.24) is 10.2 Å². The summed E-state index contributed by atoms with van der Waals surface area (Å²) in [5.74, 6) is 0. The molecular formula is C16H30N2O2. The molecule has 1 spiro atoms. The summed E-state index contributed by atoms with van der Waals surface area (Å²) >= 11 is 0. The Balaban J connectivity index is 1.68. The van der Waals surface area contributed by atoms with Crippen LogP contribution < -0.4 is 5.32 Å². The normalized spacial score (nSPS) is 43.2. The van der Waals surface area contributed by atoms with Gasteiger partial charge < -0.3 is 14.8 Å². The first-order chi connectivity index (χ1) is 9.76. The molecule has 3 heterocycles. The number of hydrogen-bond donors (Lipinski definition) is 1. The minimum absolute atomic E-state index is 0.0355. The van der Waals surface area contributed by atoms with Gasteiger partial charge in [0.1, 0.15) is 0 Å². The summed E-state index contributed by atoms with van der Waals surface area (Å²) < 4.78 is 11.7. The molecule has 0 bridgehead atoms. The van der Waals surface area contributed by atoms with Crippen LogP contribution in [0.1, 0.15) is 46.0 Å². The molecule has 20 heavy (non-hydrogen) atoms. The molecule has 4 nitrogen and oxygen atoms in total. The molecule has 3 fully saturated rings. The fourth-order valence-electron chi connectivity index (χ4n) is 4.14. The molecule has 0 saturated carbocycles. The van der Waals surface area contributed by atoms with Crippen molar-refractivity contribution in [1.29, 1.82) is 0 Å². The van der Waals surface area contributed by atoms with Gasteiger partial charge in [-0.3, -0.25) is 4.90 Å². The van der Waals surface area contributed by atoms with Crippen LogP contribution in [0.4, 0.5) is 0 Å². The molecule has 4 atom stereocenters. The molecule has 3 rings (SSSR count). The van der Waals surface area contributed by atoms with Crippen molar-refractivity contribution >= 4 is 0 Å². The maximum absolute atomic E-state index is 6.10. The van der Waals surface area contributed by atoms with Gasteiger partial charge in [-0.15, -0.1) is 0 Å². The maximum atomic E-state index is 6.10. The van der Waals surface area contributed by atoms with Gasteiger partial charge in [0.15, 0.2) is 0 Å². The van der Waals surface area contributed by atoms with Crippen LogP contribution >= 0.6 is 0 Å².